The second-order valence-electron chi connectivity index (χ2n) is 8.53. The number of halogens is 9. The Hall–Kier alpha value is -2.96. The number of aliphatic hydroxyl groups excluding tert-OH is 1. The molecule has 1 aliphatic rings. The Morgan fingerprint density at radius 2 is 1.46 bits per heavy atom. The molecule has 1 aliphatic heterocycles. The summed E-state index contributed by atoms with van der Waals surface area (Å²) in [6.07, 6.45) is -18.2. The zero-order chi connectivity index (χ0) is 27.9. The van der Waals surface area contributed by atoms with Gasteiger partial charge in [0.1, 0.15) is 0 Å². The van der Waals surface area contributed by atoms with Gasteiger partial charge in [-0.25, -0.2) is 4.79 Å². The van der Waals surface area contributed by atoms with Crippen LogP contribution < -0.4 is 4.90 Å². The Bertz CT molecular complexity index is 1110. The van der Waals surface area contributed by atoms with E-state index < -0.39 is 64.9 Å². The lowest BCUT2D eigenvalue weighted by Gasteiger charge is -2.41. The van der Waals surface area contributed by atoms with Crippen molar-refractivity contribution in [1.82, 2.24) is 0 Å². The molecule has 3 atom stereocenters. The zero-order valence-corrected chi connectivity index (χ0v) is 19.4. The quantitative estimate of drug-likeness (QED) is 0.402. The molecule has 2 aromatic carbocycles. The number of ether oxygens (including phenoxy) is 1. The van der Waals surface area contributed by atoms with Crippen LogP contribution in [-0.2, 0) is 23.3 Å². The van der Waals surface area contributed by atoms with Crippen LogP contribution in [0.15, 0.2) is 36.4 Å². The number of carbonyl (C=O) groups is 1. The van der Waals surface area contributed by atoms with Crippen LogP contribution in [0, 0.1) is 0 Å². The molecule has 0 spiro atoms. The molecule has 3 rings (SSSR count). The molecule has 0 saturated carbocycles. The monoisotopic (exact) mass is 543 g/mol. The summed E-state index contributed by atoms with van der Waals surface area (Å²) in [5, 5.41) is 11.1. The minimum atomic E-state index is -5.18. The fourth-order valence-electron chi connectivity index (χ4n) is 4.44. The molecule has 0 aromatic heterocycles. The summed E-state index contributed by atoms with van der Waals surface area (Å²) in [5.41, 5.74) is -5.62. The van der Waals surface area contributed by atoms with Crippen molar-refractivity contribution in [3.05, 3.63) is 64.2 Å². The van der Waals surface area contributed by atoms with Crippen molar-refractivity contribution in [2.75, 3.05) is 11.5 Å². The van der Waals surface area contributed by atoms with Crippen molar-refractivity contribution in [1.29, 1.82) is 0 Å². The maximum atomic E-state index is 13.5. The molecule has 0 radical (unpaired) electrons. The van der Waals surface area contributed by atoms with Gasteiger partial charge in [-0.2, -0.15) is 39.5 Å². The Morgan fingerprint density at radius 1 is 0.919 bits per heavy atom. The lowest BCUT2D eigenvalue weighted by Crippen LogP contribution is -2.45. The van der Waals surface area contributed by atoms with Gasteiger partial charge in [0, 0.05) is 12.0 Å². The topological polar surface area (TPSA) is 49.8 Å². The molecule has 0 bridgehead atoms. The third-order valence-corrected chi connectivity index (χ3v) is 6.17. The fourth-order valence-corrected chi connectivity index (χ4v) is 4.44. The first-order chi connectivity index (χ1) is 17.0. The standard InChI is InChI=1S/C24H22F9NO3/c1-3-16-11-18(20(35)12-7-14(23(28,29)30)9-15(8-12)24(31,32)33)17-10-13(22(25,26)27)5-6-19(17)34(16)21(36)37-4-2/h5-10,16,18,20,35H,3-4,11H2,1-2H3/t16-,18+,20-/m0/s1. The summed E-state index contributed by atoms with van der Waals surface area (Å²) in [5.74, 6) is -1.36. The molecule has 0 saturated heterocycles. The average Bonchev–Trinajstić information content (AvgIpc) is 2.80. The number of carbonyl (C=O) groups excluding carboxylic acids is 1. The average molecular weight is 543 g/mol. The smallest absolute Gasteiger partial charge is 0.416 e. The third-order valence-electron chi connectivity index (χ3n) is 6.17. The maximum absolute atomic E-state index is 13.5. The zero-order valence-electron chi connectivity index (χ0n) is 19.4. The Balaban J connectivity index is 2.22. The molecule has 13 heteroatoms. The largest absolute Gasteiger partial charge is 0.449 e. The van der Waals surface area contributed by atoms with Crippen molar-refractivity contribution >= 4 is 11.8 Å². The minimum absolute atomic E-state index is 0.0573. The summed E-state index contributed by atoms with van der Waals surface area (Å²) in [6, 6.07) is 2.11. The second-order valence-corrected chi connectivity index (χ2v) is 8.53. The third kappa shape index (κ3) is 5.97. The first-order valence-electron chi connectivity index (χ1n) is 11.1. The van der Waals surface area contributed by atoms with E-state index in [-0.39, 0.29) is 36.8 Å². The van der Waals surface area contributed by atoms with Crippen LogP contribution in [0.2, 0.25) is 0 Å². The highest BCUT2D eigenvalue weighted by molar-refractivity contribution is 5.90. The number of hydrogen-bond donors (Lipinski definition) is 1. The Labute approximate surface area is 205 Å². The summed E-state index contributed by atoms with van der Waals surface area (Å²) >= 11 is 0. The molecular weight excluding hydrogens is 521 g/mol. The lowest BCUT2D eigenvalue weighted by molar-refractivity contribution is -0.143. The van der Waals surface area contributed by atoms with E-state index >= 15 is 0 Å². The predicted molar refractivity (Wildman–Crippen MR) is 114 cm³/mol. The number of benzene rings is 2. The van der Waals surface area contributed by atoms with Gasteiger partial charge in [-0.3, -0.25) is 4.90 Å². The number of hydrogen-bond acceptors (Lipinski definition) is 3. The molecule has 2 aromatic rings. The summed E-state index contributed by atoms with van der Waals surface area (Å²) in [7, 11) is 0. The number of rotatable bonds is 4. The van der Waals surface area contributed by atoms with Gasteiger partial charge in [0.2, 0.25) is 0 Å². The van der Waals surface area contributed by atoms with Crippen molar-refractivity contribution < 1.29 is 54.2 Å². The van der Waals surface area contributed by atoms with Crippen molar-refractivity contribution in [3.8, 4) is 0 Å². The van der Waals surface area contributed by atoms with Crippen LogP contribution in [0.1, 0.15) is 66.5 Å². The normalized spacial score (nSPS) is 19.4. The summed E-state index contributed by atoms with van der Waals surface area (Å²) < 4.78 is 126. The minimum Gasteiger partial charge on any atom is -0.449 e. The van der Waals surface area contributed by atoms with Crippen molar-refractivity contribution in [3.63, 3.8) is 0 Å². The molecule has 1 amide bonds. The van der Waals surface area contributed by atoms with Gasteiger partial charge in [0.25, 0.3) is 0 Å². The number of fused-ring (bicyclic) bond motifs is 1. The van der Waals surface area contributed by atoms with Crippen LogP contribution in [0.3, 0.4) is 0 Å². The van der Waals surface area contributed by atoms with Crippen LogP contribution in [0.5, 0.6) is 0 Å². The molecule has 0 aliphatic carbocycles. The maximum Gasteiger partial charge on any atom is 0.416 e. The van der Waals surface area contributed by atoms with Gasteiger partial charge in [0.15, 0.2) is 0 Å². The number of amides is 1. The van der Waals surface area contributed by atoms with Crippen LogP contribution in [0.4, 0.5) is 50.0 Å². The highest BCUT2D eigenvalue weighted by Gasteiger charge is 2.43. The molecule has 37 heavy (non-hydrogen) atoms. The van der Waals surface area contributed by atoms with Crippen LogP contribution in [0.25, 0.3) is 0 Å². The predicted octanol–water partition coefficient (Wildman–Crippen LogP) is 7.71. The number of aliphatic hydroxyl groups is 1. The summed E-state index contributed by atoms with van der Waals surface area (Å²) in [4.78, 5) is 13.7. The molecule has 1 N–H and O–H groups in total. The Morgan fingerprint density at radius 3 is 1.92 bits per heavy atom. The van der Waals surface area contributed by atoms with Gasteiger partial charge in [-0.15, -0.1) is 0 Å². The van der Waals surface area contributed by atoms with E-state index in [0.29, 0.717) is 24.3 Å². The van der Waals surface area contributed by atoms with E-state index in [1.165, 1.54) is 6.92 Å². The second kappa shape index (κ2) is 10.1. The molecule has 4 nitrogen and oxygen atoms in total. The lowest BCUT2D eigenvalue weighted by atomic mass is 9.78. The Kier molecular flexibility index (Phi) is 7.79. The van der Waals surface area contributed by atoms with E-state index in [1.54, 1.807) is 6.92 Å². The highest BCUT2D eigenvalue weighted by atomic mass is 19.4. The molecule has 1 heterocycles. The van der Waals surface area contributed by atoms with Gasteiger partial charge < -0.3 is 9.84 Å². The number of nitrogens with zero attached hydrogens (tertiary/aromatic N) is 1. The van der Waals surface area contributed by atoms with E-state index in [2.05, 4.69) is 0 Å². The van der Waals surface area contributed by atoms with Crippen molar-refractivity contribution in [2.24, 2.45) is 0 Å². The van der Waals surface area contributed by atoms with Crippen molar-refractivity contribution in [2.45, 2.75) is 63.3 Å². The van der Waals surface area contributed by atoms with Crippen LogP contribution in [-0.4, -0.2) is 23.8 Å². The van der Waals surface area contributed by atoms with E-state index in [0.717, 1.165) is 11.0 Å². The van der Waals surface area contributed by atoms with Gasteiger partial charge in [-0.05, 0) is 67.3 Å². The first-order valence-corrected chi connectivity index (χ1v) is 11.1. The fraction of sp³-hybridized carbons (Fsp3) is 0.458. The van der Waals surface area contributed by atoms with E-state index in [1.807, 2.05) is 0 Å². The van der Waals surface area contributed by atoms with E-state index in [4.69, 9.17) is 4.74 Å². The molecular formula is C24H22F9NO3. The van der Waals surface area contributed by atoms with Gasteiger partial charge in [0.05, 0.1) is 35.1 Å². The number of alkyl halides is 9. The summed E-state index contributed by atoms with van der Waals surface area (Å²) in [6.45, 7) is 3.08. The first kappa shape index (κ1) is 28.6. The SMILES string of the molecule is CCOC(=O)N1c2ccc(C(F)(F)F)cc2[C@H]([C@@H](O)c2cc(C(F)(F)F)cc(C(F)(F)F)c2)C[C@@H]1CC. The van der Waals surface area contributed by atoms with Gasteiger partial charge >= 0.3 is 24.6 Å². The molecule has 0 fully saturated rings. The van der Waals surface area contributed by atoms with Gasteiger partial charge in [-0.1, -0.05) is 6.92 Å². The van der Waals surface area contributed by atoms with E-state index in [9.17, 15) is 49.4 Å². The highest BCUT2D eigenvalue weighted by Crippen LogP contribution is 2.48. The molecule has 0 unspecified atom stereocenters. The number of anilines is 1. The van der Waals surface area contributed by atoms with Crippen LogP contribution >= 0.6 is 0 Å². The molecule has 204 valence electrons.